The molecule has 3 saturated carbocycles. The zero-order valence-corrected chi connectivity index (χ0v) is 17.9. The van der Waals surface area contributed by atoms with Crippen LogP contribution in [0, 0.1) is 28.6 Å². The predicted molar refractivity (Wildman–Crippen MR) is 105 cm³/mol. The van der Waals surface area contributed by atoms with E-state index in [1.165, 1.54) is 19.4 Å². The van der Waals surface area contributed by atoms with E-state index in [0.717, 1.165) is 32.1 Å². The summed E-state index contributed by atoms with van der Waals surface area (Å²) in [6.07, 6.45) is 6.57. The van der Waals surface area contributed by atoms with Gasteiger partial charge in [-0.05, 0) is 55.3 Å². The second kappa shape index (κ2) is 6.81. The first-order valence-corrected chi connectivity index (χ1v) is 11.0. The smallest absolute Gasteiger partial charge is 0.305 e. The van der Waals surface area contributed by atoms with Gasteiger partial charge in [0.1, 0.15) is 6.10 Å². The highest BCUT2D eigenvalue weighted by Gasteiger charge is 2.67. The van der Waals surface area contributed by atoms with Gasteiger partial charge < -0.3 is 19.7 Å². The molecule has 0 aliphatic heterocycles. The highest BCUT2D eigenvalue weighted by atomic mass is 16.7. The Balaban J connectivity index is 1.64. The summed E-state index contributed by atoms with van der Waals surface area (Å²) >= 11 is 0. The van der Waals surface area contributed by atoms with Crippen molar-refractivity contribution in [3.8, 4) is 0 Å². The number of aliphatic hydroxyl groups is 2. The van der Waals surface area contributed by atoms with Gasteiger partial charge >= 0.3 is 11.9 Å². The van der Waals surface area contributed by atoms with Gasteiger partial charge in [-0.3, -0.25) is 9.59 Å². The van der Waals surface area contributed by atoms with E-state index < -0.39 is 23.3 Å². The lowest BCUT2D eigenvalue weighted by atomic mass is 9.47. The Labute approximate surface area is 172 Å². The molecule has 0 aromatic carbocycles. The van der Waals surface area contributed by atoms with Crippen molar-refractivity contribution in [2.24, 2.45) is 28.6 Å². The fourth-order valence-electron chi connectivity index (χ4n) is 7.33. The van der Waals surface area contributed by atoms with Crippen LogP contribution in [0.3, 0.4) is 0 Å². The summed E-state index contributed by atoms with van der Waals surface area (Å²) in [6, 6.07) is 0. The molecule has 3 fully saturated rings. The normalized spacial score (nSPS) is 48.6. The predicted octanol–water partition coefficient (Wildman–Crippen LogP) is 3.10. The molecule has 0 saturated heterocycles. The maximum Gasteiger partial charge on any atom is 0.305 e. The number of rotatable bonds is 2. The lowest BCUT2D eigenvalue weighted by Crippen LogP contribution is -2.58. The number of hydrogen-bond acceptors (Lipinski definition) is 6. The molecule has 0 amide bonds. The van der Waals surface area contributed by atoms with Gasteiger partial charge in [0.05, 0.1) is 6.10 Å². The molecule has 29 heavy (non-hydrogen) atoms. The summed E-state index contributed by atoms with van der Waals surface area (Å²) in [5, 5.41) is 22.4. The molecular weight excluding hydrogens is 372 g/mol. The average molecular weight is 407 g/mol. The van der Waals surface area contributed by atoms with Crippen LogP contribution >= 0.6 is 0 Å². The van der Waals surface area contributed by atoms with Crippen molar-refractivity contribution in [1.82, 2.24) is 0 Å². The number of carbonyl (C=O) groups is 2. The molecule has 6 nitrogen and oxygen atoms in total. The van der Waals surface area contributed by atoms with Gasteiger partial charge in [0, 0.05) is 32.1 Å². The summed E-state index contributed by atoms with van der Waals surface area (Å²) in [5.41, 5.74) is 0.641. The van der Waals surface area contributed by atoms with Crippen molar-refractivity contribution in [2.75, 3.05) is 0 Å². The van der Waals surface area contributed by atoms with Crippen LogP contribution in [-0.2, 0) is 19.1 Å². The molecule has 4 aliphatic rings. The molecule has 2 N–H and O–H groups in total. The third-order valence-electron chi connectivity index (χ3n) is 8.81. The van der Waals surface area contributed by atoms with Crippen LogP contribution in [0.1, 0.15) is 72.6 Å². The zero-order valence-electron chi connectivity index (χ0n) is 17.9. The van der Waals surface area contributed by atoms with Crippen LogP contribution in [0.2, 0.25) is 0 Å². The number of carbonyl (C=O) groups excluding carboxylic acids is 2. The first-order valence-electron chi connectivity index (χ1n) is 11.0. The quantitative estimate of drug-likeness (QED) is 0.416. The Bertz CT molecular complexity index is 746. The van der Waals surface area contributed by atoms with Gasteiger partial charge in [-0.25, -0.2) is 0 Å². The fourth-order valence-corrected chi connectivity index (χ4v) is 7.33. The third kappa shape index (κ3) is 3.05. The Morgan fingerprint density at radius 3 is 2.38 bits per heavy atom. The van der Waals surface area contributed by atoms with E-state index in [0.29, 0.717) is 18.8 Å². The van der Waals surface area contributed by atoms with Crippen molar-refractivity contribution < 1.29 is 29.3 Å². The summed E-state index contributed by atoms with van der Waals surface area (Å²) in [6.45, 7) is 7.10. The monoisotopic (exact) mass is 406 g/mol. The molecular formula is C23H34O6. The lowest BCUT2D eigenvalue weighted by Gasteiger charge is -2.59. The van der Waals surface area contributed by atoms with Gasteiger partial charge in [-0.15, -0.1) is 0 Å². The topological polar surface area (TPSA) is 93.1 Å². The molecule has 8 atom stereocenters. The Morgan fingerprint density at radius 1 is 1.03 bits per heavy atom. The van der Waals surface area contributed by atoms with Gasteiger partial charge in [-0.1, -0.05) is 25.5 Å². The van der Waals surface area contributed by atoms with E-state index in [9.17, 15) is 19.8 Å². The molecule has 4 aliphatic carbocycles. The molecule has 3 unspecified atom stereocenters. The molecule has 162 valence electrons. The largest absolute Gasteiger partial charge is 0.462 e. The van der Waals surface area contributed by atoms with Crippen LogP contribution in [0.15, 0.2) is 11.6 Å². The van der Waals surface area contributed by atoms with Crippen molar-refractivity contribution in [3.63, 3.8) is 0 Å². The van der Waals surface area contributed by atoms with Crippen LogP contribution < -0.4 is 0 Å². The van der Waals surface area contributed by atoms with E-state index in [1.54, 1.807) is 0 Å². The number of aliphatic hydroxyl groups excluding tert-OH is 1. The molecule has 0 aromatic rings. The molecule has 0 radical (unpaired) electrons. The Hall–Kier alpha value is -1.40. The van der Waals surface area contributed by atoms with Gasteiger partial charge in [0.25, 0.3) is 0 Å². The average Bonchev–Trinajstić information content (AvgIpc) is 2.86. The third-order valence-corrected chi connectivity index (χ3v) is 8.81. The van der Waals surface area contributed by atoms with Crippen LogP contribution in [-0.4, -0.2) is 40.1 Å². The Morgan fingerprint density at radius 2 is 1.72 bits per heavy atom. The maximum atomic E-state index is 11.6. The number of ether oxygens (including phenoxy) is 2. The Kier molecular flexibility index (Phi) is 4.90. The van der Waals surface area contributed by atoms with Crippen LogP contribution in [0.4, 0.5) is 0 Å². The molecule has 6 heteroatoms. The van der Waals surface area contributed by atoms with Crippen molar-refractivity contribution in [1.29, 1.82) is 0 Å². The molecule has 0 heterocycles. The number of hydrogen-bond donors (Lipinski definition) is 2. The van der Waals surface area contributed by atoms with E-state index in [4.69, 9.17) is 9.47 Å². The number of esters is 2. The fraction of sp³-hybridized carbons (Fsp3) is 0.826. The zero-order chi connectivity index (χ0) is 21.2. The highest BCUT2D eigenvalue weighted by Crippen LogP contribution is 2.67. The summed E-state index contributed by atoms with van der Waals surface area (Å²) in [5.74, 6) is -1.71. The molecule has 4 rings (SSSR count). The first kappa shape index (κ1) is 20.9. The highest BCUT2D eigenvalue weighted by molar-refractivity contribution is 5.66. The van der Waals surface area contributed by atoms with Crippen LogP contribution in [0.25, 0.3) is 0 Å². The molecule has 0 spiro atoms. The molecule has 0 aromatic heterocycles. The minimum atomic E-state index is -1.45. The van der Waals surface area contributed by atoms with E-state index in [-0.39, 0.29) is 29.3 Å². The SMILES string of the molecule is CC(=O)OC1CC[C@@]2(C)C(=CC(O)[C@@H]3[C@H]2CC[C@@]2(C)[C@H]3CCC2(O)OC(C)=O)C1. The minimum Gasteiger partial charge on any atom is -0.462 e. The second-order valence-electron chi connectivity index (χ2n) is 10.2. The first-order chi connectivity index (χ1) is 13.5. The second-order valence-corrected chi connectivity index (χ2v) is 10.2. The summed E-state index contributed by atoms with van der Waals surface area (Å²) in [7, 11) is 0. The summed E-state index contributed by atoms with van der Waals surface area (Å²) < 4.78 is 10.9. The van der Waals surface area contributed by atoms with E-state index in [2.05, 4.69) is 6.92 Å². The van der Waals surface area contributed by atoms with Gasteiger partial charge in [0.2, 0.25) is 5.79 Å². The van der Waals surface area contributed by atoms with Crippen molar-refractivity contribution >= 4 is 11.9 Å². The van der Waals surface area contributed by atoms with E-state index in [1.807, 2.05) is 13.0 Å². The van der Waals surface area contributed by atoms with Crippen molar-refractivity contribution in [2.45, 2.75) is 90.6 Å². The van der Waals surface area contributed by atoms with Gasteiger partial charge in [-0.2, -0.15) is 0 Å². The minimum absolute atomic E-state index is 0.0238. The number of fused-ring (bicyclic) bond motifs is 5. The lowest BCUT2D eigenvalue weighted by molar-refractivity contribution is -0.265. The van der Waals surface area contributed by atoms with E-state index >= 15 is 0 Å². The van der Waals surface area contributed by atoms with Gasteiger partial charge in [0.15, 0.2) is 0 Å². The standard InChI is InChI=1S/C23H34O6/c1-13(24)28-16-5-8-21(3)15(11-16)12-19(26)20-17(21)6-9-22(4)18(20)7-10-23(22,27)29-14(2)25/h12,16-20,26-27H,5-11H2,1-4H3/t16?,17-,18+,19?,20-,21+,22+,23?/m1/s1. The van der Waals surface area contributed by atoms with Crippen molar-refractivity contribution in [3.05, 3.63) is 11.6 Å². The maximum absolute atomic E-state index is 11.6. The molecule has 0 bridgehead atoms. The summed E-state index contributed by atoms with van der Waals surface area (Å²) in [4.78, 5) is 23.0. The van der Waals surface area contributed by atoms with Crippen LogP contribution in [0.5, 0.6) is 0 Å².